The van der Waals surface area contributed by atoms with Crippen LogP contribution < -0.4 is 10.2 Å². The molecule has 96 valence electrons. The van der Waals surface area contributed by atoms with Crippen molar-refractivity contribution in [2.24, 2.45) is 0 Å². The lowest BCUT2D eigenvalue weighted by Gasteiger charge is -2.15. The van der Waals surface area contributed by atoms with E-state index >= 15 is 0 Å². The van der Waals surface area contributed by atoms with Gasteiger partial charge in [-0.1, -0.05) is 0 Å². The minimum Gasteiger partial charge on any atom is -0.325 e. The van der Waals surface area contributed by atoms with Crippen molar-refractivity contribution in [2.75, 3.05) is 16.8 Å². The molecule has 0 aromatic heterocycles. The van der Waals surface area contributed by atoms with Crippen molar-refractivity contribution in [3.8, 4) is 0 Å². The summed E-state index contributed by atoms with van der Waals surface area (Å²) in [5.41, 5.74) is 2.72. The highest BCUT2D eigenvalue weighted by Crippen LogP contribution is 2.30. The van der Waals surface area contributed by atoms with E-state index in [1.54, 1.807) is 24.8 Å². The molecule has 1 aromatic rings. The summed E-state index contributed by atoms with van der Waals surface area (Å²) in [6.07, 6.45) is 0.815. The summed E-state index contributed by atoms with van der Waals surface area (Å²) in [7, 11) is 0. The van der Waals surface area contributed by atoms with Crippen molar-refractivity contribution in [3.63, 3.8) is 0 Å². The van der Waals surface area contributed by atoms with Gasteiger partial charge in [-0.2, -0.15) is 0 Å². The van der Waals surface area contributed by atoms with Crippen molar-refractivity contribution in [1.29, 1.82) is 0 Å². The fourth-order valence-electron chi connectivity index (χ4n) is 2.05. The molecular formula is C13H15ClN2O2. The monoisotopic (exact) mass is 266 g/mol. The van der Waals surface area contributed by atoms with Crippen LogP contribution in [0.5, 0.6) is 0 Å². The number of nitrogens with zero attached hydrogens (tertiary/aromatic N) is 1. The Hall–Kier alpha value is -1.55. The van der Waals surface area contributed by atoms with Crippen LogP contribution in [0.15, 0.2) is 18.2 Å². The van der Waals surface area contributed by atoms with Crippen molar-refractivity contribution >= 4 is 34.8 Å². The molecule has 5 heteroatoms. The SMILES string of the molecule is CC(=O)N1CCc2cc(NC(=O)C(C)Cl)ccc21. The number of fused-ring (bicyclic) bond motifs is 1. The summed E-state index contributed by atoms with van der Waals surface area (Å²) in [6.45, 7) is 3.88. The molecule has 0 saturated heterocycles. The van der Waals surface area contributed by atoms with Gasteiger partial charge in [0, 0.05) is 24.8 Å². The normalized spacial score (nSPS) is 15.2. The summed E-state index contributed by atoms with van der Waals surface area (Å²) in [4.78, 5) is 24.6. The van der Waals surface area contributed by atoms with E-state index in [4.69, 9.17) is 11.6 Å². The number of anilines is 2. The van der Waals surface area contributed by atoms with Crippen LogP contribution in [0, 0.1) is 0 Å². The van der Waals surface area contributed by atoms with Gasteiger partial charge < -0.3 is 10.2 Å². The molecule has 1 aliphatic heterocycles. The Morgan fingerprint density at radius 2 is 2.17 bits per heavy atom. The van der Waals surface area contributed by atoms with E-state index in [1.165, 1.54) is 0 Å². The first kappa shape index (κ1) is 12.9. The van der Waals surface area contributed by atoms with Gasteiger partial charge in [-0.05, 0) is 37.1 Å². The number of carbonyl (C=O) groups excluding carboxylic acids is 2. The highest BCUT2D eigenvalue weighted by molar-refractivity contribution is 6.32. The number of benzene rings is 1. The third-order valence-corrected chi connectivity index (χ3v) is 3.18. The predicted octanol–water partition coefficient (Wildman–Crippen LogP) is 2.16. The molecule has 0 radical (unpaired) electrons. The first-order valence-corrected chi connectivity index (χ1v) is 6.28. The van der Waals surface area contributed by atoms with Gasteiger partial charge in [-0.25, -0.2) is 0 Å². The molecule has 2 rings (SSSR count). The molecule has 0 spiro atoms. The van der Waals surface area contributed by atoms with Crippen molar-refractivity contribution in [2.45, 2.75) is 25.6 Å². The van der Waals surface area contributed by atoms with Crippen LogP contribution in [0.25, 0.3) is 0 Å². The number of alkyl halides is 1. The van der Waals surface area contributed by atoms with E-state index < -0.39 is 5.38 Å². The largest absolute Gasteiger partial charge is 0.325 e. The van der Waals surface area contributed by atoms with E-state index in [0.717, 1.165) is 23.4 Å². The van der Waals surface area contributed by atoms with Crippen LogP contribution in [0.4, 0.5) is 11.4 Å². The Morgan fingerprint density at radius 1 is 1.44 bits per heavy atom. The summed E-state index contributed by atoms with van der Waals surface area (Å²) >= 11 is 5.70. The lowest BCUT2D eigenvalue weighted by Crippen LogP contribution is -2.25. The fraction of sp³-hybridized carbons (Fsp3) is 0.385. The second kappa shape index (κ2) is 4.98. The van der Waals surface area contributed by atoms with Gasteiger partial charge in [-0.15, -0.1) is 11.6 Å². The average Bonchev–Trinajstić information content (AvgIpc) is 2.71. The smallest absolute Gasteiger partial charge is 0.242 e. The molecule has 0 saturated carbocycles. The van der Waals surface area contributed by atoms with Crippen molar-refractivity contribution in [3.05, 3.63) is 23.8 Å². The molecule has 1 aromatic carbocycles. The van der Waals surface area contributed by atoms with E-state index in [1.807, 2.05) is 12.1 Å². The molecule has 0 fully saturated rings. The zero-order valence-corrected chi connectivity index (χ0v) is 11.1. The Morgan fingerprint density at radius 3 is 2.78 bits per heavy atom. The Bertz CT molecular complexity index is 500. The Kier molecular flexibility index (Phi) is 3.57. The van der Waals surface area contributed by atoms with Gasteiger partial charge in [0.15, 0.2) is 0 Å². The van der Waals surface area contributed by atoms with Crippen LogP contribution in [-0.2, 0) is 16.0 Å². The van der Waals surface area contributed by atoms with Crippen LogP contribution >= 0.6 is 11.6 Å². The predicted molar refractivity (Wildman–Crippen MR) is 72.1 cm³/mol. The first-order valence-electron chi connectivity index (χ1n) is 5.85. The number of amides is 2. The van der Waals surface area contributed by atoms with Crippen LogP contribution in [-0.4, -0.2) is 23.7 Å². The Labute approximate surface area is 111 Å². The van der Waals surface area contributed by atoms with Crippen molar-refractivity contribution < 1.29 is 9.59 Å². The molecule has 18 heavy (non-hydrogen) atoms. The zero-order valence-electron chi connectivity index (χ0n) is 10.4. The fourth-order valence-corrected chi connectivity index (χ4v) is 2.10. The van der Waals surface area contributed by atoms with E-state index in [9.17, 15) is 9.59 Å². The number of hydrogen-bond acceptors (Lipinski definition) is 2. The molecule has 1 aliphatic rings. The molecule has 4 nitrogen and oxygen atoms in total. The van der Waals surface area contributed by atoms with Gasteiger partial charge in [0.2, 0.25) is 11.8 Å². The third kappa shape index (κ3) is 2.48. The molecule has 2 amide bonds. The lowest BCUT2D eigenvalue weighted by atomic mass is 10.1. The second-order valence-electron chi connectivity index (χ2n) is 4.37. The summed E-state index contributed by atoms with van der Waals surface area (Å²) < 4.78 is 0. The van der Waals surface area contributed by atoms with E-state index in [2.05, 4.69) is 5.32 Å². The van der Waals surface area contributed by atoms with E-state index in [-0.39, 0.29) is 11.8 Å². The number of hydrogen-bond donors (Lipinski definition) is 1. The zero-order chi connectivity index (χ0) is 13.3. The molecule has 0 aliphatic carbocycles. The van der Waals surface area contributed by atoms with Gasteiger partial charge >= 0.3 is 0 Å². The highest BCUT2D eigenvalue weighted by atomic mass is 35.5. The van der Waals surface area contributed by atoms with Crippen molar-refractivity contribution in [1.82, 2.24) is 0 Å². The first-order chi connectivity index (χ1) is 8.49. The lowest BCUT2D eigenvalue weighted by molar-refractivity contribution is -0.117. The Balaban J connectivity index is 2.20. The van der Waals surface area contributed by atoms with Gasteiger partial charge in [0.25, 0.3) is 0 Å². The van der Waals surface area contributed by atoms with Gasteiger partial charge in [-0.3, -0.25) is 9.59 Å². The van der Waals surface area contributed by atoms with Gasteiger partial charge in [0.05, 0.1) is 0 Å². The van der Waals surface area contributed by atoms with Gasteiger partial charge in [0.1, 0.15) is 5.38 Å². The third-order valence-electron chi connectivity index (χ3n) is 2.98. The minimum atomic E-state index is -0.563. The minimum absolute atomic E-state index is 0.0416. The number of halogens is 1. The standard InChI is InChI=1S/C13H15ClN2O2/c1-8(14)13(18)15-11-3-4-12-10(7-11)5-6-16(12)9(2)17/h3-4,7-8H,5-6H2,1-2H3,(H,15,18). The van der Waals surface area contributed by atoms with Crippen LogP contribution in [0.1, 0.15) is 19.4 Å². The topological polar surface area (TPSA) is 49.4 Å². The molecule has 1 N–H and O–H groups in total. The summed E-state index contributed by atoms with van der Waals surface area (Å²) in [5, 5.41) is 2.18. The summed E-state index contributed by atoms with van der Waals surface area (Å²) in [6, 6.07) is 5.55. The number of nitrogens with one attached hydrogen (secondary N) is 1. The molecule has 0 bridgehead atoms. The van der Waals surface area contributed by atoms with Crippen LogP contribution in [0.2, 0.25) is 0 Å². The molecule has 1 heterocycles. The maximum Gasteiger partial charge on any atom is 0.242 e. The molecule has 1 unspecified atom stereocenters. The average molecular weight is 267 g/mol. The molecule has 1 atom stereocenters. The maximum atomic E-state index is 11.5. The summed E-state index contributed by atoms with van der Waals surface area (Å²) in [5.74, 6) is -0.182. The van der Waals surface area contributed by atoms with E-state index in [0.29, 0.717) is 6.54 Å². The molecular weight excluding hydrogens is 252 g/mol. The number of carbonyl (C=O) groups is 2. The maximum absolute atomic E-state index is 11.5. The quantitative estimate of drug-likeness (QED) is 0.834. The highest BCUT2D eigenvalue weighted by Gasteiger charge is 2.22. The number of rotatable bonds is 2. The second-order valence-corrected chi connectivity index (χ2v) is 5.02. The van der Waals surface area contributed by atoms with Crippen LogP contribution in [0.3, 0.4) is 0 Å².